The maximum atomic E-state index is 14.6. The Bertz CT molecular complexity index is 2460. The Kier molecular flexibility index (Phi) is 15.0. The number of carbonyl (C=O) groups excluding carboxylic acids is 3. The van der Waals surface area contributed by atoms with Crippen molar-refractivity contribution in [3.05, 3.63) is 57.1 Å². The quantitative estimate of drug-likeness (QED) is 0.169. The Balaban J connectivity index is 1.24. The lowest BCUT2D eigenvalue weighted by Gasteiger charge is -2.36. The monoisotopic (exact) mass is 950 g/mol. The van der Waals surface area contributed by atoms with Crippen LogP contribution in [0.15, 0.2) is 45.4 Å². The zero-order chi connectivity index (χ0) is 47.8. The molecule has 19 heteroatoms. The first-order valence-electron chi connectivity index (χ1n) is 23.2. The number of sulfonamides is 1. The zero-order valence-electron chi connectivity index (χ0n) is 40.1. The molecule has 7 rings (SSSR count). The van der Waals surface area contributed by atoms with Crippen molar-refractivity contribution in [1.82, 2.24) is 29.6 Å². The van der Waals surface area contributed by atoms with Crippen molar-refractivity contribution in [2.75, 3.05) is 46.2 Å². The van der Waals surface area contributed by atoms with Crippen LogP contribution in [0.25, 0.3) is 16.5 Å². The molecule has 1 aromatic carbocycles. The molecule has 2 saturated heterocycles. The topological polar surface area (TPSA) is 187 Å². The van der Waals surface area contributed by atoms with E-state index >= 15 is 0 Å². The molecule has 5 aliphatic heterocycles. The van der Waals surface area contributed by atoms with Crippen molar-refractivity contribution >= 4 is 67.3 Å². The first-order chi connectivity index (χ1) is 31.2. The summed E-state index contributed by atoms with van der Waals surface area (Å²) >= 11 is 1.55. The molecule has 2 aromatic rings. The highest BCUT2D eigenvalue weighted by Gasteiger charge is 2.46. The lowest BCUT2D eigenvalue weighted by molar-refractivity contribution is -0.732. The fourth-order valence-electron chi connectivity index (χ4n) is 9.96. The summed E-state index contributed by atoms with van der Waals surface area (Å²) in [5.74, 6) is -0.930. The van der Waals surface area contributed by atoms with Gasteiger partial charge < -0.3 is 19.4 Å². The number of aromatic nitrogens is 1. The fourth-order valence-corrected chi connectivity index (χ4v) is 12.3. The summed E-state index contributed by atoms with van der Waals surface area (Å²) in [6.45, 7) is 14.3. The van der Waals surface area contributed by atoms with Crippen molar-refractivity contribution in [3.63, 3.8) is 0 Å². The van der Waals surface area contributed by atoms with Gasteiger partial charge in [0.05, 0.1) is 48.0 Å². The molecule has 0 aliphatic carbocycles. The largest absolute Gasteiger partial charge is 0.464 e. The number of benzene rings is 1. The number of methoxy groups -OCH3 is 1. The molecule has 17 nitrogen and oxygen atoms in total. The normalized spacial score (nSPS) is 26.4. The summed E-state index contributed by atoms with van der Waals surface area (Å²) in [6.07, 6.45) is 6.01. The predicted octanol–water partition coefficient (Wildman–Crippen LogP) is 5.31. The lowest BCUT2D eigenvalue weighted by atomic mass is 9.82. The molecule has 5 aliphatic rings. The van der Waals surface area contributed by atoms with Gasteiger partial charge in [-0.25, -0.2) is 13.8 Å². The maximum absolute atomic E-state index is 14.6. The number of rotatable bonds is 11. The van der Waals surface area contributed by atoms with Crippen LogP contribution >= 0.6 is 11.8 Å². The molecular formula is C47H68N9O8S2+. The van der Waals surface area contributed by atoms with Gasteiger partial charge in [0.1, 0.15) is 17.0 Å². The number of likely N-dealkylation sites (N-methyl/N-ethyl adjacent to an activating group) is 1. The van der Waals surface area contributed by atoms with E-state index in [1.807, 2.05) is 27.0 Å². The van der Waals surface area contributed by atoms with Gasteiger partial charge >= 0.3 is 5.97 Å². The highest BCUT2D eigenvalue weighted by molar-refractivity contribution is 8.14. The van der Waals surface area contributed by atoms with E-state index in [9.17, 15) is 27.7 Å². The number of hydrazine groups is 2. The van der Waals surface area contributed by atoms with Gasteiger partial charge in [-0.15, -0.1) is 16.8 Å². The third-order valence-corrected chi connectivity index (χ3v) is 16.2. The Morgan fingerprint density at radius 2 is 1.92 bits per heavy atom. The minimum Gasteiger partial charge on any atom is -0.464 e. The summed E-state index contributed by atoms with van der Waals surface area (Å²) < 4.78 is 40.9. The van der Waals surface area contributed by atoms with E-state index in [2.05, 4.69) is 61.3 Å². The second-order valence-electron chi connectivity index (χ2n) is 19.6. The van der Waals surface area contributed by atoms with Crippen LogP contribution in [0.2, 0.25) is 0 Å². The van der Waals surface area contributed by atoms with Crippen LogP contribution in [-0.2, 0) is 47.3 Å². The van der Waals surface area contributed by atoms with Crippen LogP contribution in [0.1, 0.15) is 103 Å². The smallest absolute Gasteiger partial charge is 0.324 e. The second kappa shape index (κ2) is 20.0. The van der Waals surface area contributed by atoms with Gasteiger partial charge in [0.2, 0.25) is 22.0 Å². The van der Waals surface area contributed by atoms with Gasteiger partial charge in [0.15, 0.2) is 6.04 Å². The van der Waals surface area contributed by atoms with Crippen LogP contribution in [0.4, 0.5) is 0 Å². The molecule has 7 atom stereocenters. The van der Waals surface area contributed by atoms with Crippen molar-refractivity contribution in [2.24, 2.45) is 34.3 Å². The van der Waals surface area contributed by atoms with Crippen LogP contribution in [0.5, 0.6) is 0 Å². The molecule has 0 spiro atoms. The summed E-state index contributed by atoms with van der Waals surface area (Å²) in [5, 5.41) is 8.63. The van der Waals surface area contributed by atoms with Crippen molar-refractivity contribution < 1.29 is 37.1 Å². The summed E-state index contributed by atoms with van der Waals surface area (Å²) in [4.78, 5) is 67.7. The number of aliphatic imine (C=N–C) groups is 2. The van der Waals surface area contributed by atoms with Crippen LogP contribution in [0, 0.1) is 22.2 Å². The molecule has 2 fully saturated rings. The number of allylic oxidation sites excluding steroid dienone is 2. The van der Waals surface area contributed by atoms with E-state index < -0.39 is 57.4 Å². The minimum absolute atomic E-state index is 0.0191. The summed E-state index contributed by atoms with van der Waals surface area (Å²) in [7, 11) is 1.65. The van der Waals surface area contributed by atoms with Crippen LogP contribution in [-0.4, -0.2) is 138 Å². The molecule has 66 heavy (non-hydrogen) atoms. The molecule has 0 radical (unpaired) electrons. The molecule has 0 saturated carbocycles. The van der Waals surface area contributed by atoms with E-state index in [-0.39, 0.29) is 50.1 Å². The number of thioether (sulfide) groups is 1. The first-order valence-corrected chi connectivity index (χ1v) is 25.7. The van der Waals surface area contributed by atoms with Gasteiger partial charge in [-0.3, -0.25) is 29.4 Å². The number of fused-ring (bicyclic) bond motifs is 5. The van der Waals surface area contributed by atoms with Crippen molar-refractivity contribution in [2.45, 2.75) is 123 Å². The van der Waals surface area contributed by atoms with E-state index in [1.165, 1.54) is 27.4 Å². The molecule has 2 unspecified atom stereocenters. The average Bonchev–Trinajstić information content (AvgIpc) is 4.03. The Morgan fingerprint density at radius 1 is 1.17 bits per heavy atom. The lowest BCUT2D eigenvalue weighted by Crippen LogP contribution is -2.62. The zero-order valence-corrected chi connectivity index (χ0v) is 41.7. The number of nitroso groups, excluding NO2 is 1. The van der Waals surface area contributed by atoms with Gasteiger partial charge in [-0.05, 0) is 74.6 Å². The molecule has 2 N–H and O–H groups in total. The molecule has 6 bridgehead atoms. The van der Waals surface area contributed by atoms with Gasteiger partial charge in [0, 0.05) is 85.0 Å². The van der Waals surface area contributed by atoms with E-state index in [0.717, 1.165) is 50.8 Å². The van der Waals surface area contributed by atoms with Gasteiger partial charge in [-0.1, -0.05) is 46.8 Å². The number of hydrogen-bond donors (Lipinski definition) is 2. The fraction of sp³-hybridized carbons (Fsp3) is 0.638. The number of carbonyl (C=O) groups is 3. The van der Waals surface area contributed by atoms with E-state index in [4.69, 9.17) is 19.5 Å². The van der Waals surface area contributed by atoms with Gasteiger partial charge in [0.25, 0.3) is 5.91 Å². The van der Waals surface area contributed by atoms with E-state index in [1.54, 1.807) is 25.8 Å². The predicted molar refractivity (Wildman–Crippen MR) is 258 cm³/mol. The Morgan fingerprint density at radius 3 is 2.64 bits per heavy atom. The maximum Gasteiger partial charge on any atom is 0.324 e. The number of cyclic esters (lactones) is 1. The number of aryl methyl sites for hydroxylation is 1. The summed E-state index contributed by atoms with van der Waals surface area (Å²) in [5.41, 5.74) is 9.01. The molecule has 2 amide bonds. The van der Waals surface area contributed by atoms with Crippen LogP contribution < -0.4 is 10.7 Å². The minimum atomic E-state index is -3.68. The standard InChI is InChI=1S/C47H67N9O8S2/c1-11-19-66(61,62)54-18-16-32(25-54)56(60)53(9)42(28(2)3)44(57)50-37-22-40-49-38(26-65-40)31-14-15-39-33(21-31)35(43(52(39)8)34-20-29(4)24-48-41(34)30(5)63-10)23-47(6,7)27-64-46(59)36-13-12-17-55(51-36)45(37)58/h11,14-15,19,21,24,28-30,32,36-38,42,51H,12-13,16-18,20,22-23,25-27H2,1-10H3/p+1/b19-11+/t29?,30-,32-,36-,37-,38?,42-/m0/s1. The third-order valence-electron chi connectivity index (χ3n) is 13.5. The number of nitrogens with zero attached hydrogens (tertiary/aromatic N) is 7. The number of esters is 1. The molecule has 1 aromatic heterocycles. The van der Waals surface area contributed by atoms with Crippen molar-refractivity contribution in [1.29, 1.82) is 0 Å². The molecule has 360 valence electrons. The second-order valence-corrected chi connectivity index (χ2v) is 22.5. The van der Waals surface area contributed by atoms with Crippen LogP contribution in [0.3, 0.4) is 0 Å². The average molecular weight is 951 g/mol. The van der Waals surface area contributed by atoms with Gasteiger partial charge in [-0.2, -0.15) is 4.31 Å². The highest BCUT2D eigenvalue weighted by Crippen LogP contribution is 2.43. The van der Waals surface area contributed by atoms with E-state index in [0.29, 0.717) is 47.9 Å². The highest BCUT2D eigenvalue weighted by atomic mass is 32.2. The summed E-state index contributed by atoms with van der Waals surface area (Å²) in [6, 6.07) is 2.70. The SMILES string of the molecule is C/C=C/S(=O)(=O)N1CC[C@H]([N+](=O)N(C)[C@H](C(=O)N[C@H]2CC3=NC(CS3)c3ccc4c(c3)c(c(C3=C([C@H](C)OC)N=CC(C)C3)n4C)CC(C)(C)COC(=O)[C@@H]3CCCN(N3)C2=O)C(C)C)C1. The van der Waals surface area contributed by atoms with Crippen molar-refractivity contribution in [3.8, 4) is 0 Å². The Hall–Kier alpha value is -4.43. The molecule has 6 heterocycles. The first kappa shape index (κ1) is 49.5. The third kappa shape index (κ3) is 10.3. The number of amides is 2. The number of ether oxygens (including phenoxy) is 2. The number of nitrogens with one attached hydrogen (secondary N) is 2. The number of hydrogen-bond acceptors (Lipinski definition) is 12. The molecular weight excluding hydrogens is 883 g/mol. The Labute approximate surface area is 393 Å².